The number of benzene rings is 1. The zero-order chi connectivity index (χ0) is 11.6. The quantitative estimate of drug-likeness (QED) is 0.574. The molecular weight excluding hydrogens is 207 g/mol. The van der Waals surface area contributed by atoms with Gasteiger partial charge >= 0.3 is 5.97 Å². The van der Waals surface area contributed by atoms with Crippen LogP contribution in [0.15, 0.2) is 12.1 Å². The minimum atomic E-state index is -1.71. The first kappa shape index (κ1) is 11.0. The van der Waals surface area contributed by atoms with E-state index in [1.807, 2.05) is 0 Å². The molecule has 1 aromatic rings. The molecule has 6 heteroatoms. The van der Waals surface area contributed by atoms with Crippen LogP contribution in [0.2, 0.25) is 0 Å². The standard InChI is InChI=1S/C9H7FO5/c1-15-7-3-5(10)6(11)2-4(7)8(12)9(13)14/h2-3,11H,1H3,(H,13,14). The van der Waals surface area contributed by atoms with Crippen molar-refractivity contribution < 1.29 is 28.9 Å². The summed E-state index contributed by atoms with van der Waals surface area (Å²) >= 11 is 0. The molecule has 0 spiro atoms. The molecule has 0 radical (unpaired) electrons. The normalized spacial score (nSPS) is 9.73. The number of hydrogen-bond donors (Lipinski definition) is 2. The van der Waals surface area contributed by atoms with E-state index in [1.54, 1.807) is 0 Å². The third-order valence-corrected chi connectivity index (χ3v) is 1.71. The zero-order valence-corrected chi connectivity index (χ0v) is 7.65. The molecule has 0 unspecified atom stereocenters. The average Bonchev–Trinajstić information content (AvgIpc) is 2.20. The number of carbonyl (C=O) groups is 2. The second-order valence-electron chi connectivity index (χ2n) is 2.64. The molecule has 0 aliphatic carbocycles. The molecular formula is C9H7FO5. The summed E-state index contributed by atoms with van der Waals surface area (Å²) < 4.78 is 17.4. The number of halogens is 1. The van der Waals surface area contributed by atoms with E-state index >= 15 is 0 Å². The Labute approximate surface area is 83.7 Å². The number of aliphatic carboxylic acids is 1. The molecule has 0 saturated heterocycles. The maximum atomic E-state index is 12.8. The third kappa shape index (κ3) is 2.04. The van der Waals surface area contributed by atoms with Crippen LogP contribution in [0, 0.1) is 5.82 Å². The van der Waals surface area contributed by atoms with Crippen molar-refractivity contribution in [1.82, 2.24) is 0 Å². The minimum Gasteiger partial charge on any atom is -0.505 e. The lowest BCUT2D eigenvalue weighted by Crippen LogP contribution is -2.14. The van der Waals surface area contributed by atoms with Crippen molar-refractivity contribution in [2.75, 3.05) is 7.11 Å². The number of carboxylic acid groups (broad SMARTS) is 1. The molecule has 80 valence electrons. The van der Waals surface area contributed by atoms with Gasteiger partial charge in [0.1, 0.15) is 5.75 Å². The Morgan fingerprint density at radius 1 is 1.40 bits per heavy atom. The van der Waals surface area contributed by atoms with Crippen LogP contribution in [0.4, 0.5) is 4.39 Å². The minimum absolute atomic E-state index is 0.238. The molecule has 2 N–H and O–H groups in total. The summed E-state index contributed by atoms with van der Waals surface area (Å²) in [6, 6.07) is 1.45. The predicted molar refractivity (Wildman–Crippen MR) is 46.6 cm³/mol. The Bertz CT molecular complexity index is 427. The number of ketones is 1. The fourth-order valence-corrected chi connectivity index (χ4v) is 1.01. The van der Waals surface area contributed by atoms with Crippen LogP contribution in [0.1, 0.15) is 10.4 Å². The number of ether oxygens (including phenoxy) is 1. The number of Topliss-reactive ketones (excluding diaryl/α,β-unsaturated/α-hetero) is 1. The van der Waals surface area contributed by atoms with Gasteiger partial charge < -0.3 is 14.9 Å². The summed E-state index contributed by atoms with van der Waals surface area (Å²) in [5.41, 5.74) is -0.399. The van der Waals surface area contributed by atoms with Crippen LogP contribution in [0.25, 0.3) is 0 Å². The summed E-state index contributed by atoms with van der Waals surface area (Å²) in [5.74, 6) is -5.02. The van der Waals surface area contributed by atoms with E-state index in [1.165, 1.54) is 0 Å². The molecule has 0 fully saturated rings. The average molecular weight is 214 g/mol. The Balaban J connectivity index is 3.34. The molecule has 1 aromatic carbocycles. The topological polar surface area (TPSA) is 83.8 Å². The van der Waals surface area contributed by atoms with E-state index in [2.05, 4.69) is 4.74 Å². The highest BCUT2D eigenvalue weighted by Crippen LogP contribution is 2.27. The van der Waals surface area contributed by atoms with E-state index in [0.29, 0.717) is 6.07 Å². The Kier molecular flexibility index (Phi) is 2.89. The number of phenolic OH excluding ortho intramolecular Hbond substituents is 1. The molecule has 0 amide bonds. The molecule has 0 heterocycles. The number of carbonyl (C=O) groups excluding carboxylic acids is 1. The van der Waals surface area contributed by atoms with Gasteiger partial charge in [0, 0.05) is 6.07 Å². The Hall–Kier alpha value is -2.11. The number of hydrogen-bond acceptors (Lipinski definition) is 4. The highest BCUT2D eigenvalue weighted by atomic mass is 19.1. The lowest BCUT2D eigenvalue weighted by Gasteiger charge is -2.06. The number of carboxylic acids is 1. The van der Waals surface area contributed by atoms with Gasteiger partial charge in [0.2, 0.25) is 0 Å². The van der Waals surface area contributed by atoms with Gasteiger partial charge in [-0.05, 0) is 6.07 Å². The molecule has 0 aliphatic heterocycles. The summed E-state index contributed by atoms with van der Waals surface area (Å²) in [5, 5.41) is 17.4. The molecule has 1 rings (SSSR count). The van der Waals surface area contributed by atoms with Gasteiger partial charge in [-0.1, -0.05) is 0 Å². The van der Waals surface area contributed by atoms with Crippen LogP contribution in [0.3, 0.4) is 0 Å². The van der Waals surface area contributed by atoms with E-state index in [9.17, 15) is 14.0 Å². The maximum Gasteiger partial charge on any atom is 0.377 e. The fourth-order valence-electron chi connectivity index (χ4n) is 1.01. The van der Waals surface area contributed by atoms with Crippen molar-refractivity contribution in [3.8, 4) is 11.5 Å². The molecule has 0 saturated carbocycles. The van der Waals surface area contributed by atoms with Crippen LogP contribution in [0.5, 0.6) is 11.5 Å². The van der Waals surface area contributed by atoms with Gasteiger partial charge in [-0.3, -0.25) is 4.79 Å². The van der Waals surface area contributed by atoms with Gasteiger partial charge in [0.15, 0.2) is 11.6 Å². The molecule has 5 nitrogen and oxygen atoms in total. The monoisotopic (exact) mass is 214 g/mol. The summed E-state index contributed by atoms with van der Waals surface area (Å²) in [7, 11) is 1.16. The van der Waals surface area contributed by atoms with Crippen LogP contribution in [-0.2, 0) is 4.79 Å². The van der Waals surface area contributed by atoms with Gasteiger partial charge in [0.25, 0.3) is 5.78 Å². The van der Waals surface area contributed by atoms with E-state index in [0.717, 1.165) is 13.2 Å². The number of phenols is 1. The van der Waals surface area contributed by atoms with Crippen molar-refractivity contribution >= 4 is 11.8 Å². The summed E-state index contributed by atoms with van der Waals surface area (Å²) in [4.78, 5) is 21.5. The molecule has 0 bridgehead atoms. The van der Waals surface area contributed by atoms with Crippen molar-refractivity contribution in [2.45, 2.75) is 0 Å². The van der Waals surface area contributed by atoms with Crippen LogP contribution in [-0.4, -0.2) is 29.1 Å². The smallest absolute Gasteiger partial charge is 0.377 e. The van der Waals surface area contributed by atoms with Crippen LogP contribution < -0.4 is 4.74 Å². The van der Waals surface area contributed by atoms with E-state index < -0.39 is 28.9 Å². The van der Waals surface area contributed by atoms with Crippen molar-refractivity contribution in [1.29, 1.82) is 0 Å². The van der Waals surface area contributed by atoms with Crippen molar-refractivity contribution in [3.05, 3.63) is 23.5 Å². The summed E-state index contributed by atoms with van der Waals surface area (Å²) in [6.07, 6.45) is 0. The molecule has 15 heavy (non-hydrogen) atoms. The first-order chi connectivity index (χ1) is 6.97. The Morgan fingerprint density at radius 2 is 2.00 bits per heavy atom. The van der Waals surface area contributed by atoms with Crippen LogP contribution >= 0.6 is 0 Å². The molecule has 0 aliphatic rings. The Morgan fingerprint density at radius 3 is 2.47 bits per heavy atom. The predicted octanol–water partition coefficient (Wildman–Crippen LogP) is 0.807. The highest BCUT2D eigenvalue weighted by molar-refractivity contribution is 6.40. The van der Waals surface area contributed by atoms with Gasteiger partial charge in [0.05, 0.1) is 12.7 Å². The SMILES string of the molecule is COc1cc(F)c(O)cc1C(=O)C(=O)O. The number of aromatic hydroxyl groups is 1. The van der Waals surface area contributed by atoms with Gasteiger partial charge in [-0.2, -0.15) is 0 Å². The summed E-state index contributed by atoms with van der Waals surface area (Å²) in [6.45, 7) is 0. The van der Waals surface area contributed by atoms with E-state index in [-0.39, 0.29) is 5.75 Å². The zero-order valence-electron chi connectivity index (χ0n) is 7.65. The molecule has 0 aromatic heterocycles. The maximum absolute atomic E-state index is 12.8. The second-order valence-corrected chi connectivity index (χ2v) is 2.64. The van der Waals surface area contributed by atoms with Crippen molar-refractivity contribution in [2.24, 2.45) is 0 Å². The van der Waals surface area contributed by atoms with Crippen molar-refractivity contribution in [3.63, 3.8) is 0 Å². The first-order valence-electron chi connectivity index (χ1n) is 3.81. The number of methoxy groups -OCH3 is 1. The van der Waals surface area contributed by atoms with Gasteiger partial charge in [-0.25, -0.2) is 9.18 Å². The number of rotatable bonds is 3. The lowest BCUT2D eigenvalue weighted by molar-refractivity contribution is -0.131. The van der Waals surface area contributed by atoms with E-state index in [4.69, 9.17) is 10.2 Å². The highest BCUT2D eigenvalue weighted by Gasteiger charge is 2.21. The largest absolute Gasteiger partial charge is 0.505 e. The second kappa shape index (κ2) is 3.95. The third-order valence-electron chi connectivity index (χ3n) is 1.71. The van der Waals surface area contributed by atoms with Gasteiger partial charge in [-0.15, -0.1) is 0 Å². The lowest BCUT2D eigenvalue weighted by atomic mass is 10.1. The fraction of sp³-hybridized carbons (Fsp3) is 0.111. The molecule has 0 atom stereocenters. The first-order valence-corrected chi connectivity index (χ1v) is 3.81.